The Kier molecular flexibility index (Phi) is 6.14. The molecule has 0 unspecified atom stereocenters. The van der Waals surface area contributed by atoms with Crippen LogP contribution in [0.2, 0.25) is 0 Å². The number of aromatic nitrogens is 2. The molecule has 1 N–H and O–H groups in total. The Balaban J connectivity index is 0.000000158. The minimum atomic E-state index is 0.645. The van der Waals surface area contributed by atoms with Crippen LogP contribution in [0.3, 0.4) is 0 Å². The number of rotatable bonds is 4. The molecule has 5 heteroatoms. The third-order valence-corrected chi connectivity index (χ3v) is 4.68. The van der Waals surface area contributed by atoms with Gasteiger partial charge in [-0.15, -0.1) is 0 Å². The molecule has 0 spiro atoms. The summed E-state index contributed by atoms with van der Waals surface area (Å²) in [5, 5.41) is 3.58. The van der Waals surface area contributed by atoms with Gasteiger partial charge in [-0.05, 0) is 31.2 Å². The lowest BCUT2D eigenvalue weighted by molar-refractivity contribution is -0.105. The lowest BCUT2D eigenvalue weighted by atomic mass is 10.1. The van der Waals surface area contributed by atoms with E-state index in [0.717, 1.165) is 33.5 Å². The number of hydrogen-bond donors (Lipinski definition) is 1. The molecular formula is C26H21N3O2. The molecule has 1 amide bonds. The third-order valence-electron chi connectivity index (χ3n) is 4.68. The van der Waals surface area contributed by atoms with Gasteiger partial charge in [0.25, 0.3) is 0 Å². The number of oxazole rings is 1. The quantitative estimate of drug-likeness (QED) is 0.364. The molecule has 0 aliphatic rings. The van der Waals surface area contributed by atoms with E-state index in [0.29, 0.717) is 18.0 Å². The molecule has 5 rings (SSSR count). The number of amides is 1. The van der Waals surface area contributed by atoms with Gasteiger partial charge >= 0.3 is 0 Å². The molecule has 0 saturated carbocycles. The number of nitrogens with zero attached hydrogens (tertiary/aromatic N) is 2. The Bertz CT molecular complexity index is 1280. The summed E-state index contributed by atoms with van der Waals surface area (Å²) in [6.45, 7) is 1.95. The number of aryl methyl sites for hydroxylation is 1. The highest BCUT2D eigenvalue weighted by Crippen LogP contribution is 2.28. The Hall–Kier alpha value is -4.25. The van der Waals surface area contributed by atoms with E-state index in [4.69, 9.17) is 4.42 Å². The predicted octanol–water partition coefficient (Wildman–Crippen LogP) is 6.12. The summed E-state index contributed by atoms with van der Waals surface area (Å²) in [7, 11) is 0. The predicted molar refractivity (Wildman–Crippen MR) is 124 cm³/mol. The average molecular weight is 407 g/mol. The van der Waals surface area contributed by atoms with Crippen LogP contribution >= 0.6 is 0 Å². The number of pyridine rings is 1. The van der Waals surface area contributed by atoms with Crippen LogP contribution in [0.4, 0.5) is 5.69 Å². The van der Waals surface area contributed by atoms with E-state index in [9.17, 15) is 4.79 Å². The molecule has 2 aromatic heterocycles. The van der Waals surface area contributed by atoms with Crippen molar-refractivity contribution in [2.24, 2.45) is 0 Å². The van der Waals surface area contributed by atoms with Crippen molar-refractivity contribution < 1.29 is 9.21 Å². The van der Waals surface area contributed by atoms with Gasteiger partial charge in [-0.3, -0.25) is 9.78 Å². The SMILES string of the molecule is Cc1oc(-c2ccccc2)nc1-c1ccccc1.O=CNc1cnc2ccccc2c1. The van der Waals surface area contributed by atoms with E-state index in [1.807, 2.05) is 97.9 Å². The van der Waals surface area contributed by atoms with Crippen molar-refractivity contribution in [1.29, 1.82) is 0 Å². The number of fused-ring (bicyclic) bond motifs is 1. The second kappa shape index (κ2) is 9.50. The highest BCUT2D eigenvalue weighted by Gasteiger charge is 2.12. The van der Waals surface area contributed by atoms with Gasteiger partial charge in [-0.2, -0.15) is 0 Å². The molecule has 5 aromatic rings. The van der Waals surface area contributed by atoms with E-state index in [-0.39, 0.29) is 0 Å². The fourth-order valence-corrected chi connectivity index (χ4v) is 3.18. The van der Waals surface area contributed by atoms with E-state index in [1.54, 1.807) is 6.20 Å². The van der Waals surface area contributed by atoms with Crippen LogP contribution in [0, 0.1) is 6.92 Å². The number of benzene rings is 3. The summed E-state index contributed by atoms with van der Waals surface area (Å²) in [4.78, 5) is 18.9. The molecule has 31 heavy (non-hydrogen) atoms. The fourth-order valence-electron chi connectivity index (χ4n) is 3.18. The second-order valence-electron chi connectivity index (χ2n) is 6.83. The molecular weight excluding hydrogens is 386 g/mol. The van der Waals surface area contributed by atoms with Crippen LogP contribution in [0.5, 0.6) is 0 Å². The van der Waals surface area contributed by atoms with Gasteiger partial charge in [-0.25, -0.2) is 4.98 Å². The largest absolute Gasteiger partial charge is 0.441 e. The van der Waals surface area contributed by atoms with Crippen molar-refractivity contribution in [3.05, 3.63) is 103 Å². The lowest BCUT2D eigenvalue weighted by Crippen LogP contribution is -1.93. The standard InChI is InChI=1S/C16H13NO.C10H8N2O/c1-12-15(13-8-4-2-5-9-13)17-16(18-12)14-10-6-3-7-11-14;13-7-12-9-5-8-3-1-2-4-10(8)11-6-9/h2-11H,1H3;1-7H,(H,12,13). The molecule has 0 radical (unpaired) electrons. The van der Waals surface area contributed by atoms with Crippen LogP contribution in [-0.2, 0) is 4.79 Å². The zero-order valence-electron chi connectivity index (χ0n) is 17.0. The van der Waals surface area contributed by atoms with Gasteiger partial charge in [-0.1, -0.05) is 66.7 Å². The van der Waals surface area contributed by atoms with Crippen molar-refractivity contribution in [2.75, 3.05) is 5.32 Å². The fraction of sp³-hybridized carbons (Fsp3) is 0.0385. The van der Waals surface area contributed by atoms with Crippen molar-refractivity contribution >= 4 is 23.0 Å². The maximum Gasteiger partial charge on any atom is 0.226 e. The van der Waals surface area contributed by atoms with Gasteiger partial charge < -0.3 is 9.73 Å². The zero-order chi connectivity index (χ0) is 21.5. The van der Waals surface area contributed by atoms with Gasteiger partial charge in [0.05, 0.1) is 17.4 Å². The minimum Gasteiger partial charge on any atom is -0.441 e. The average Bonchev–Trinajstić information content (AvgIpc) is 3.22. The number of carbonyl (C=O) groups excluding carboxylic acids is 1. The van der Waals surface area contributed by atoms with E-state index in [1.165, 1.54) is 0 Å². The van der Waals surface area contributed by atoms with Crippen LogP contribution in [-0.4, -0.2) is 16.4 Å². The molecule has 0 atom stereocenters. The molecule has 0 fully saturated rings. The Morgan fingerprint density at radius 3 is 2.19 bits per heavy atom. The molecule has 0 bridgehead atoms. The first-order valence-electron chi connectivity index (χ1n) is 9.88. The molecule has 0 aliphatic carbocycles. The Morgan fingerprint density at radius 1 is 0.839 bits per heavy atom. The lowest BCUT2D eigenvalue weighted by Gasteiger charge is -1.99. The number of carbonyl (C=O) groups is 1. The molecule has 0 aliphatic heterocycles. The normalized spacial score (nSPS) is 10.2. The molecule has 0 saturated heterocycles. The topological polar surface area (TPSA) is 68.0 Å². The number of hydrogen-bond acceptors (Lipinski definition) is 4. The van der Waals surface area contributed by atoms with E-state index in [2.05, 4.69) is 15.3 Å². The first-order valence-corrected chi connectivity index (χ1v) is 9.88. The van der Waals surface area contributed by atoms with Crippen LogP contribution in [0.15, 0.2) is 102 Å². The van der Waals surface area contributed by atoms with Gasteiger partial charge in [0.2, 0.25) is 12.3 Å². The highest BCUT2D eigenvalue weighted by atomic mass is 16.4. The molecule has 3 aromatic carbocycles. The van der Waals surface area contributed by atoms with Gasteiger partial charge in [0.1, 0.15) is 11.5 Å². The summed E-state index contributed by atoms with van der Waals surface area (Å²) < 4.78 is 5.74. The Morgan fingerprint density at radius 2 is 1.48 bits per heavy atom. The molecule has 152 valence electrons. The zero-order valence-corrected chi connectivity index (χ0v) is 17.0. The van der Waals surface area contributed by atoms with Crippen molar-refractivity contribution in [3.8, 4) is 22.7 Å². The van der Waals surface area contributed by atoms with Crippen LogP contribution in [0.1, 0.15) is 5.76 Å². The van der Waals surface area contributed by atoms with E-state index < -0.39 is 0 Å². The first-order chi connectivity index (χ1) is 15.2. The minimum absolute atomic E-state index is 0.645. The molecule has 2 heterocycles. The summed E-state index contributed by atoms with van der Waals surface area (Å²) in [6, 6.07) is 29.7. The monoisotopic (exact) mass is 407 g/mol. The Labute approximate surface area is 180 Å². The summed E-state index contributed by atoms with van der Waals surface area (Å²) in [5.74, 6) is 1.52. The number of para-hydroxylation sites is 1. The first kappa shape index (κ1) is 20.0. The number of nitrogens with one attached hydrogen (secondary N) is 1. The van der Waals surface area contributed by atoms with Crippen LogP contribution in [0.25, 0.3) is 33.6 Å². The maximum absolute atomic E-state index is 10.2. The van der Waals surface area contributed by atoms with Crippen molar-refractivity contribution in [1.82, 2.24) is 9.97 Å². The smallest absolute Gasteiger partial charge is 0.226 e. The summed E-state index contributed by atoms with van der Waals surface area (Å²) in [6.07, 6.45) is 2.28. The van der Waals surface area contributed by atoms with E-state index >= 15 is 0 Å². The van der Waals surface area contributed by atoms with Gasteiger partial charge in [0, 0.05) is 16.5 Å². The second-order valence-corrected chi connectivity index (χ2v) is 6.83. The van der Waals surface area contributed by atoms with Crippen molar-refractivity contribution in [2.45, 2.75) is 6.92 Å². The van der Waals surface area contributed by atoms with Crippen LogP contribution < -0.4 is 5.32 Å². The maximum atomic E-state index is 10.2. The van der Waals surface area contributed by atoms with Crippen molar-refractivity contribution in [3.63, 3.8) is 0 Å². The highest BCUT2D eigenvalue weighted by molar-refractivity contribution is 5.84. The van der Waals surface area contributed by atoms with Gasteiger partial charge in [0.15, 0.2) is 0 Å². The summed E-state index contributed by atoms with van der Waals surface area (Å²) in [5.41, 5.74) is 4.64. The third kappa shape index (κ3) is 4.85. The molecule has 5 nitrogen and oxygen atoms in total. The summed E-state index contributed by atoms with van der Waals surface area (Å²) >= 11 is 0. The number of anilines is 1.